The first-order chi connectivity index (χ1) is 14.2. The van der Waals surface area contributed by atoms with E-state index in [4.69, 9.17) is 4.74 Å². The Morgan fingerprint density at radius 2 is 2.07 bits per heavy atom. The van der Waals surface area contributed by atoms with E-state index in [-0.39, 0.29) is 17.8 Å². The lowest BCUT2D eigenvalue weighted by Gasteiger charge is -2.32. The number of ether oxygens (including phenoxy) is 1. The number of amides is 1. The van der Waals surface area contributed by atoms with Gasteiger partial charge in [0.1, 0.15) is 17.7 Å². The highest BCUT2D eigenvalue weighted by Gasteiger charge is 2.27. The molecule has 4 rings (SSSR count). The number of hydrogen-bond acceptors (Lipinski definition) is 5. The number of aromatic nitrogens is 2. The Kier molecular flexibility index (Phi) is 5.48. The Balaban J connectivity index is 1.49. The molecular formula is C22H21FN4O2. The van der Waals surface area contributed by atoms with Crippen LogP contribution in [0.5, 0.6) is 0 Å². The number of hydrogen-bond donors (Lipinski definition) is 1. The van der Waals surface area contributed by atoms with E-state index in [1.54, 1.807) is 54.7 Å². The van der Waals surface area contributed by atoms with Crippen molar-refractivity contribution in [3.63, 3.8) is 0 Å². The van der Waals surface area contributed by atoms with Crippen LogP contribution in [0.15, 0.2) is 60.9 Å². The number of pyridine rings is 2. The third-order valence-corrected chi connectivity index (χ3v) is 4.92. The highest BCUT2D eigenvalue weighted by Crippen LogP contribution is 2.26. The van der Waals surface area contributed by atoms with Crippen molar-refractivity contribution in [3.8, 4) is 11.1 Å². The predicted octanol–water partition coefficient (Wildman–Crippen LogP) is 3.54. The van der Waals surface area contributed by atoms with Crippen molar-refractivity contribution in [1.29, 1.82) is 0 Å². The summed E-state index contributed by atoms with van der Waals surface area (Å²) >= 11 is 0. The third kappa shape index (κ3) is 4.09. The van der Waals surface area contributed by atoms with E-state index in [1.165, 1.54) is 6.07 Å². The smallest absolute Gasteiger partial charge is 0.254 e. The van der Waals surface area contributed by atoms with E-state index in [0.717, 1.165) is 0 Å². The summed E-state index contributed by atoms with van der Waals surface area (Å²) in [5.41, 5.74) is 2.50. The Morgan fingerprint density at radius 1 is 1.21 bits per heavy atom. The quantitative estimate of drug-likeness (QED) is 0.736. The molecule has 1 amide bonds. The molecule has 0 radical (unpaired) electrons. The van der Waals surface area contributed by atoms with Crippen LogP contribution >= 0.6 is 0 Å². The fourth-order valence-corrected chi connectivity index (χ4v) is 3.35. The number of morpholine rings is 1. The summed E-state index contributed by atoms with van der Waals surface area (Å²) in [7, 11) is 1.76. The molecule has 1 N–H and O–H groups in total. The molecule has 0 spiro atoms. The summed E-state index contributed by atoms with van der Waals surface area (Å²) in [6.07, 6.45) is 2.92. The lowest BCUT2D eigenvalue weighted by atomic mass is 10.1. The Bertz CT molecular complexity index is 1010. The maximum atomic E-state index is 14.0. The highest BCUT2D eigenvalue weighted by atomic mass is 19.1. The van der Waals surface area contributed by atoms with Gasteiger partial charge in [-0.15, -0.1) is 0 Å². The fraction of sp³-hybridized carbons (Fsp3) is 0.227. The van der Waals surface area contributed by atoms with Crippen molar-refractivity contribution in [2.75, 3.05) is 32.1 Å². The van der Waals surface area contributed by atoms with Crippen LogP contribution in [-0.4, -0.2) is 47.5 Å². The number of anilines is 1. The minimum atomic E-state index is -0.326. The van der Waals surface area contributed by atoms with Gasteiger partial charge in [-0.1, -0.05) is 24.3 Å². The lowest BCUT2D eigenvalue weighted by Crippen LogP contribution is -2.42. The SMILES string of the molecule is CNc1cc(C(=O)N2CCO[C@H](c3ccc(-c4ccccc4F)cn3)C2)ccn1. The zero-order valence-electron chi connectivity index (χ0n) is 16.0. The monoisotopic (exact) mass is 392 g/mol. The van der Waals surface area contributed by atoms with Gasteiger partial charge in [0.2, 0.25) is 0 Å². The molecule has 1 atom stereocenters. The van der Waals surface area contributed by atoms with Crippen molar-refractivity contribution in [1.82, 2.24) is 14.9 Å². The molecule has 0 bridgehead atoms. The Labute approximate surface area is 168 Å². The Hall–Kier alpha value is -3.32. The van der Waals surface area contributed by atoms with Crippen molar-refractivity contribution < 1.29 is 13.9 Å². The molecule has 2 aromatic heterocycles. The van der Waals surface area contributed by atoms with E-state index >= 15 is 0 Å². The largest absolute Gasteiger partial charge is 0.373 e. The second-order valence-electron chi connectivity index (χ2n) is 6.74. The van der Waals surface area contributed by atoms with Crippen LogP contribution in [0.1, 0.15) is 22.2 Å². The third-order valence-electron chi connectivity index (χ3n) is 4.92. The average Bonchev–Trinajstić information content (AvgIpc) is 2.79. The van der Waals surface area contributed by atoms with Gasteiger partial charge >= 0.3 is 0 Å². The van der Waals surface area contributed by atoms with Crippen molar-refractivity contribution in [2.45, 2.75) is 6.10 Å². The lowest BCUT2D eigenvalue weighted by molar-refractivity contribution is -0.0247. The first kappa shape index (κ1) is 19.0. The molecule has 0 aliphatic carbocycles. The van der Waals surface area contributed by atoms with Crippen LogP contribution in [0.25, 0.3) is 11.1 Å². The summed E-state index contributed by atoms with van der Waals surface area (Å²) < 4.78 is 19.8. The minimum Gasteiger partial charge on any atom is -0.373 e. The first-order valence-corrected chi connectivity index (χ1v) is 9.41. The van der Waals surface area contributed by atoms with Crippen LogP contribution in [0.3, 0.4) is 0 Å². The minimum absolute atomic E-state index is 0.0693. The molecule has 1 fully saturated rings. The zero-order chi connectivity index (χ0) is 20.2. The van der Waals surface area contributed by atoms with Gasteiger partial charge < -0.3 is 15.0 Å². The summed E-state index contributed by atoms with van der Waals surface area (Å²) in [5.74, 6) is 0.289. The number of nitrogens with zero attached hydrogens (tertiary/aromatic N) is 3. The van der Waals surface area contributed by atoms with E-state index in [2.05, 4.69) is 15.3 Å². The summed E-state index contributed by atoms with van der Waals surface area (Å²) in [6.45, 7) is 1.35. The zero-order valence-corrected chi connectivity index (χ0v) is 16.0. The first-order valence-electron chi connectivity index (χ1n) is 9.41. The van der Waals surface area contributed by atoms with Gasteiger partial charge in [-0.05, 0) is 24.3 Å². The molecule has 7 heteroatoms. The van der Waals surface area contributed by atoms with Crippen LogP contribution in [-0.2, 0) is 4.74 Å². The van der Waals surface area contributed by atoms with Crippen molar-refractivity contribution in [2.24, 2.45) is 0 Å². The molecule has 1 aliphatic heterocycles. The topological polar surface area (TPSA) is 67.4 Å². The van der Waals surface area contributed by atoms with Gasteiger partial charge in [0.25, 0.3) is 5.91 Å². The number of benzene rings is 1. The molecule has 29 heavy (non-hydrogen) atoms. The molecule has 148 valence electrons. The van der Waals surface area contributed by atoms with Crippen molar-refractivity contribution >= 4 is 11.7 Å². The summed E-state index contributed by atoms with van der Waals surface area (Å²) in [5, 5.41) is 2.94. The molecule has 0 unspecified atom stereocenters. The van der Waals surface area contributed by atoms with Gasteiger partial charge in [-0.3, -0.25) is 9.78 Å². The van der Waals surface area contributed by atoms with E-state index in [1.807, 2.05) is 12.1 Å². The number of carbonyl (C=O) groups excluding carboxylic acids is 1. The standard InChI is InChI=1S/C22H21FN4O2/c1-24-21-12-15(8-9-25-21)22(28)27-10-11-29-20(14-27)19-7-6-16(13-26-19)17-4-2-3-5-18(17)23/h2-9,12-13,20H,10-11,14H2,1H3,(H,24,25)/t20-/m0/s1. The average molecular weight is 392 g/mol. The van der Waals surface area contributed by atoms with Gasteiger partial charge in [0.15, 0.2) is 0 Å². The van der Waals surface area contributed by atoms with Gasteiger partial charge in [-0.2, -0.15) is 0 Å². The van der Waals surface area contributed by atoms with Gasteiger partial charge in [0.05, 0.1) is 18.8 Å². The maximum absolute atomic E-state index is 14.0. The van der Waals surface area contributed by atoms with Crippen LogP contribution in [0, 0.1) is 5.82 Å². The molecule has 3 aromatic rings. The molecule has 6 nitrogen and oxygen atoms in total. The molecule has 0 saturated carbocycles. The van der Waals surface area contributed by atoms with Crippen molar-refractivity contribution in [3.05, 3.63) is 78.0 Å². The van der Waals surface area contributed by atoms with Crippen LogP contribution in [0.2, 0.25) is 0 Å². The van der Waals surface area contributed by atoms with Crippen LogP contribution in [0.4, 0.5) is 10.2 Å². The number of rotatable bonds is 4. The molecule has 3 heterocycles. The van der Waals surface area contributed by atoms with Crippen LogP contribution < -0.4 is 5.32 Å². The summed E-state index contributed by atoms with van der Waals surface area (Å²) in [6, 6.07) is 13.7. The highest BCUT2D eigenvalue weighted by molar-refractivity contribution is 5.94. The van der Waals surface area contributed by atoms with E-state index < -0.39 is 0 Å². The summed E-state index contributed by atoms with van der Waals surface area (Å²) in [4.78, 5) is 23.2. The number of nitrogens with one attached hydrogen (secondary N) is 1. The molecular weight excluding hydrogens is 371 g/mol. The maximum Gasteiger partial charge on any atom is 0.254 e. The van der Waals surface area contributed by atoms with Gasteiger partial charge in [-0.25, -0.2) is 9.37 Å². The van der Waals surface area contributed by atoms with E-state index in [0.29, 0.717) is 47.9 Å². The second kappa shape index (κ2) is 8.36. The fourth-order valence-electron chi connectivity index (χ4n) is 3.35. The number of halogens is 1. The van der Waals surface area contributed by atoms with E-state index in [9.17, 15) is 9.18 Å². The number of carbonyl (C=O) groups is 1. The molecule has 1 aliphatic rings. The molecule has 1 saturated heterocycles. The van der Waals surface area contributed by atoms with Gasteiger partial charge in [0, 0.05) is 42.7 Å². The second-order valence-corrected chi connectivity index (χ2v) is 6.74. The molecule has 1 aromatic carbocycles. The normalized spacial score (nSPS) is 16.5. The Morgan fingerprint density at radius 3 is 2.83 bits per heavy atom. The predicted molar refractivity (Wildman–Crippen MR) is 108 cm³/mol.